The molecule has 3 aromatic carbocycles. The highest BCUT2D eigenvalue weighted by molar-refractivity contribution is 7.90. The smallest absolute Gasteiger partial charge is 0.316 e. The Bertz CT molecular complexity index is 2850. The lowest BCUT2D eigenvalue weighted by Crippen LogP contribution is -2.58. The molecule has 16 nitrogen and oxygen atoms in total. The normalized spacial score (nSPS) is 24.2. The lowest BCUT2D eigenvalue weighted by molar-refractivity contribution is -0.386. The fourth-order valence-corrected chi connectivity index (χ4v) is 12.1. The molecular weight excluding hydrogens is 896 g/mol. The van der Waals surface area contributed by atoms with Crippen LogP contribution in [-0.2, 0) is 14.8 Å². The highest BCUT2D eigenvalue weighted by Gasteiger charge is 2.50. The fourth-order valence-electron chi connectivity index (χ4n) is 11.1. The molecule has 0 unspecified atom stereocenters. The lowest BCUT2D eigenvalue weighted by Gasteiger charge is -2.57. The first-order chi connectivity index (χ1) is 32.6. The van der Waals surface area contributed by atoms with E-state index in [-0.39, 0.29) is 57.9 Å². The number of nitro benzene ring substituents is 1. The molecule has 68 heavy (non-hydrogen) atoms. The van der Waals surface area contributed by atoms with Gasteiger partial charge in [-0.05, 0) is 105 Å². The molecular formula is C50H57FN6O10S. The second-order valence-corrected chi connectivity index (χ2v) is 21.6. The predicted octanol–water partition coefficient (Wildman–Crippen LogP) is 8.55. The molecule has 0 radical (unpaired) electrons. The Morgan fingerprint density at radius 3 is 2.56 bits per heavy atom. The quantitative estimate of drug-likeness (QED) is 0.0842. The van der Waals surface area contributed by atoms with E-state index in [9.17, 15) is 32.8 Å². The van der Waals surface area contributed by atoms with Crippen molar-refractivity contribution in [2.24, 2.45) is 11.3 Å². The van der Waals surface area contributed by atoms with Gasteiger partial charge in [-0.1, -0.05) is 38.1 Å². The van der Waals surface area contributed by atoms with Gasteiger partial charge in [0.15, 0.2) is 5.75 Å². The number of fused-ring (bicyclic) bond motifs is 2. The predicted molar refractivity (Wildman–Crippen MR) is 251 cm³/mol. The van der Waals surface area contributed by atoms with Crippen molar-refractivity contribution in [3.05, 3.63) is 106 Å². The summed E-state index contributed by atoms with van der Waals surface area (Å²) in [4.78, 5) is 37.0. The third kappa shape index (κ3) is 8.98. The Morgan fingerprint density at radius 1 is 1.04 bits per heavy atom. The number of H-pyrrole nitrogens is 1. The number of hydrogen-bond donors (Lipinski definition) is 3. The minimum atomic E-state index is -4.75. The van der Waals surface area contributed by atoms with Gasteiger partial charge in [0.2, 0.25) is 5.75 Å². The summed E-state index contributed by atoms with van der Waals surface area (Å²) in [6, 6.07) is 17.7. The third-order valence-corrected chi connectivity index (χ3v) is 16.4. The summed E-state index contributed by atoms with van der Waals surface area (Å²) in [5.41, 5.74) is 2.41. The maximum Gasteiger partial charge on any atom is 0.316 e. The van der Waals surface area contributed by atoms with E-state index in [1.54, 1.807) is 19.1 Å². The monoisotopic (exact) mass is 952 g/mol. The number of benzene rings is 3. The van der Waals surface area contributed by atoms with Crippen molar-refractivity contribution in [1.82, 2.24) is 19.6 Å². The number of pyridine rings is 1. The molecule has 0 bridgehead atoms. The van der Waals surface area contributed by atoms with E-state index in [1.165, 1.54) is 35.7 Å². The standard InChI is InChI=1S/C50H57FN6O10S/c1-30(2)36-6-4-5-7-37(36)42-28-64-19-18-56(42)33-24-50(25-33)14-16-55(17-15-50)32-8-9-38(43(20-32)66-34-21-39-40(51)27-53-47(39)52-26-34)48(58)54-68(62,63)35-22-41(57(60)61)46-44(23-35)65-29-45(67-46)31-10-12-49(3,59)13-11-31/h4-9,20-23,26-27,30-31,33,42,45,59H,10-19,24-25,28-29H2,1-3H3,(H,52,53)(H,54,58)/t31-,42-,45+,49-/m1/s1. The van der Waals surface area contributed by atoms with Gasteiger partial charge in [0, 0.05) is 55.8 Å². The second kappa shape index (κ2) is 17.9. The molecule has 1 spiro atoms. The molecule has 3 N–H and O–H groups in total. The van der Waals surface area contributed by atoms with Gasteiger partial charge >= 0.3 is 5.69 Å². The van der Waals surface area contributed by atoms with Crippen molar-refractivity contribution in [1.29, 1.82) is 0 Å². The van der Waals surface area contributed by atoms with Crippen LogP contribution in [0.4, 0.5) is 15.8 Å². The average Bonchev–Trinajstić information content (AvgIpc) is 3.69. The van der Waals surface area contributed by atoms with Crippen molar-refractivity contribution < 1.29 is 46.6 Å². The summed E-state index contributed by atoms with van der Waals surface area (Å²) in [5, 5.41) is 22.9. The molecule has 4 fully saturated rings. The van der Waals surface area contributed by atoms with Crippen LogP contribution < -0.4 is 23.8 Å². The topological polar surface area (TPSA) is 199 Å². The average molecular weight is 953 g/mol. The minimum absolute atomic E-state index is 0.000233. The van der Waals surface area contributed by atoms with Crippen molar-refractivity contribution in [2.75, 3.05) is 44.4 Å². The number of halogens is 1. The van der Waals surface area contributed by atoms with Crippen LogP contribution >= 0.6 is 0 Å². The maximum atomic E-state index is 14.7. The molecule has 3 aliphatic heterocycles. The molecule has 5 aliphatic rings. The van der Waals surface area contributed by atoms with Gasteiger partial charge in [0.25, 0.3) is 15.9 Å². The van der Waals surface area contributed by atoms with Gasteiger partial charge in [-0.3, -0.25) is 19.8 Å². The first kappa shape index (κ1) is 45.9. The largest absolute Gasteiger partial charge is 0.485 e. The molecule has 360 valence electrons. The van der Waals surface area contributed by atoms with Crippen LogP contribution in [-0.4, -0.2) is 96.4 Å². The van der Waals surface area contributed by atoms with Crippen molar-refractivity contribution in [3.8, 4) is 23.0 Å². The SMILES string of the molecule is CC(C)c1ccccc1[C@H]1COCCN1C1CC2(CCN(c3ccc(C(=O)NS(=O)(=O)c4cc5c(c([N+](=O)[O-])c4)O[C@H]([C@H]4CC[C@](C)(O)CC4)CO5)c(Oc4cnc5[nH]cc(F)c5c4)c3)CC2)C1. The number of amides is 1. The number of carbonyl (C=O) groups excluding carboxylic acids is 1. The number of rotatable bonds is 11. The van der Waals surface area contributed by atoms with E-state index in [0.29, 0.717) is 49.9 Å². The first-order valence-corrected chi connectivity index (χ1v) is 25.1. The van der Waals surface area contributed by atoms with Gasteiger partial charge in [0.05, 0.1) is 51.8 Å². The number of anilines is 1. The number of nitrogens with one attached hydrogen (secondary N) is 2. The van der Waals surface area contributed by atoms with Crippen molar-refractivity contribution in [3.63, 3.8) is 0 Å². The Balaban J connectivity index is 0.864. The maximum absolute atomic E-state index is 14.7. The van der Waals surface area contributed by atoms with Gasteiger partial charge in [0.1, 0.15) is 35.7 Å². The van der Waals surface area contributed by atoms with Crippen molar-refractivity contribution >= 4 is 38.3 Å². The number of sulfonamides is 1. The van der Waals surface area contributed by atoms with Crippen LogP contribution in [0.1, 0.15) is 106 Å². The van der Waals surface area contributed by atoms with Gasteiger partial charge < -0.3 is 33.9 Å². The molecule has 2 saturated carbocycles. The molecule has 2 atom stereocenters. The number of aromatic amines is 1. The van der Waals surface area contributed by atoms with E-state index in [4.69, 9.17) is 18.9 Å². The van der Waals surface area contributed by atoms with Crippen molar-refractivity contribution in [2.45, 2.75) is 107 Å². The second-order valence-electron chi connectivity index (χ2n) is 19.9. The van der Waals surface area contributed by atoms with E-state index in [1.807, 2.05) is 0 Å². The molecule has 5 aromatic rings. The summed E-state index contributed by atoms with van der Waals surface area (Å²) < 4.78 is 68.9. The summed E-state index contributed by atoms with van der Waals surface area (Å²) in [5.74, 6) is -1.44. The van der Waals surface area contributed by atoms with Crippen LogP contribution in [0.25, 0.3) is 11.0 Å². The van der Waals surface area contributed by atoms with E-state index in [0.717, 1.165) is 69.7 Å². The lowest BCUT2D eigenvalue weighted by atomic mass is 9.59. The highest BCUT2D eigenvalue weighted by atomic mass is 32.2. The van der Waals surface area contributed by atoms with Crippen LogP contribution in [0, 0.1) is 27.3 Å². The van der Waals surface area contributed by atoms with Gasteiger partial charge in [-0.25, -0.2) is 22.5 Å². The Hall–Kier alpha value is -5.82. The van der Waals surface area contributed by atoms with Crippen LogP contribution in [0.5, 0.6) is 23.0 Å². The number of aromatic nitrogens is 2. The molecule has 10 rings (SSSR count). The molecule has 1 amide bonds. The zero-order valence-electron chi connectivity index (χ0n) is 38.4. The van der Waals surface area contributed by atoms with Crippen LogP contribution in [0.2, 0.25) is 0 Å². The van der Waals surface area contributed by atoms with E-state index in [2.05, 4.69) is 62.6 Å². The zero-order chi connectivity index (χ0) is 47.5. The highest BCUT2D eigenvalue weighted by Crippen LogP contribution is 2.53. The molecule has 2 aromatic heterocycles. The number of piperidine rings is 1. The van der Waals surface area contributed by atoms with E-state index < -0.39 is 49.0 Å². The Labute approximate surface area is 394 Å². The summed E-state index contributed by atoms with van der Waals surface area (Å²) in [6.07, 6.45) is 8.51. The molecule has 5 heterocycles. The number of nitrogens with zero attached hydrogens (tertiary/aromatic N) is 4. The van der Waals surface area contributed by atoms with E-state index >= 15 is 0 Å². The number of aliphatic hydroxyl groups is 1. The first-order valence-electron chi connectivity index (χ1n) is 23.6. The fraction of sp³-hybridized carbons (Fsp3) is 0.480. The van der Waals surface area contributed by atoms with Gasteiger partial charge in [-0.15, -0.1) is 0 Å². The number of morpholine rings is 1. The Kier molecular flexibility index (Phi) is 12.1. The summed E-state index contributed by atoms with van der Waals surface area (Å²) >= 11 is 0. The van der Waals surface area contributed by atoms with Gasteiger partial charge in [-0.2, -0.15) is 0 Å². The summed E-state index contributed by atoms with van der Waals surface area (Å²) in [6.45, 7) is 10.1. The number of carbonyl (C=O) groups is 1. The zero-order valence-corrected chi connectivity index (χ0v) is 39.2. The van der Waals surface area contributed by atoms with Crippen LogP contribution in [0.15, 0.2) is 78.0 Å². The molecule has 18 heteroatoms. The number of ether oxygens (including phenoxy) is 4. The number of nitro groups is 1. The van der Waals surface area contributed by atoms with Crippen LogP contribution in [0.3, 0.4) is 0 Å². The molecule has 2 saturated heterocycles. The number of hydrogen-bond acceptors (Lipinski definition) is 13. The molecule has 2 aliphatic carbocycles. The Morgan fingerprint density at radius 2 is 1.81 bits per heavy atom. The third-order valence-electron chi connectivity index (χ3n) is 15.1. The summed E-state index contributed by atoms with van der Waals surface area (Å²) in [7, 11) is -4.75. The minimum Gasteiger partial charge on any atom is -0.485 e.